The molecule has 2 aromatic rings. The van der Waals surface area contributed by atoms with Crippen molar-refractivity contribution in [2.75, 3.05) is 24.7 Å². The van der Waals surface area contributed by atoms with E-state index in [2.05, 4.69) is 9.97 Å². The maximum atomic E-state index is 12.9. The van der Waals surface area contributed by atoms with Crippen LogP contribution < -0.4 is 9.64 Å². The van der Waals surface area contributed by atoms with E-state index in [1.54, 1.807) is 6.20 Å². The Bertz CT molecular complexity index is 808. The van der Waals surface area contributed by atoms with E-state index in [1.807, 2.05) is 17.0 Å². The molecule has 2 aliphatic rings. The molecule has 2 saturated heterocycles. The number of halogens is 3. The quantitative estimate of drug-likeness (QED) is 0.730. The van der Waals surface area contributed by atoms with Gasteiger partial charge in [-0.15, -0.1) is 0 Å². The molecule has 0 spiro atoms. The van der Waals surface area contributed by atoms with Crippen LogP contribution in [0, 0.1) is 0 Å². The van der Waals surface area contributed by atoms with Gasteiger partial charge in [-0.1, -0.05) is 6.07 Å². The zero-order valence-corrected chi connectivity index (χ0v) is 16.1. The number of alkyl halides is 3. The predicted octanol–water partition coefficient (Wildman–Crippen LogP) is 4.78. The first kappa shape index (κ1) is 19.9. The first-order valence-corrected chi connectivity index (χ1v) is 10.0. The molecule has 5 nitrogen and oxygen atoms in total. The van der Waals surface area contributed by atoms with Gasteiger partial charge in [-0.2, -0.15) is 13.2 Å². The minimum absolute atomic E-state index is 0.304. The third kappa shape index (κ3) is 4.63. The highest BCUT2D eigenvalue weighted by molar-refractivity contribution is 5.41. The second-order valence-corrected chi connectivity index (χ2v) is 7.45. The number of pyridine rings is 2. The summed E-state index contributed by atoms with van der Waals surface area (Å²) in [7, 11) is 0. The first-order valence-electron chi connectivity index (χ1n) is 10.0. The molecule has 0 amide bonds. The van der Waals surface area contributed by atoms with Crippen LogP contribution in [0.2, 0.25) is 0 Å². The summed E-state index contributed by atoms with van der Waals surface area (Å²) in [6, 6.07) is 6.44. The molecule has 2 aromatic heterocycles. The van der Waals surface area contributed by atoms with Crippen LogP contribution in [-0.4, -0.2) is 36.0 Å². The van der Waals surface area contributed by atoms with E-state index < -0.39 is 11.7 Å². The van der Waals surface area contributed by atoms with Gasteiger partial charge in [-0.3, -0.25) is 0 Å². The summed E-state index contributed by atoms with van der Waals surface area (Å²) in [6.07, 6.45) is 2.45. The Balaban J connectivity index is 1.54. The van der Waals surface area contributed by atoms with E-state index in [0.29, 0.717) is 24.2 Å². The largest absolute Gasteiger partial charge is 0.453 e. The third-order valence-corrected chi connectivity index (χ3v) is 5.53. The van der Waals surface area contributed by atoms with Crippen molar-refractivity contribution in [2.45, 2.75) is 50.4 Å². The summed E-state index contributed by atoms with van der Waals surface area (Å²) >= 11 is 0. The van der Waals surface area contributed by atoms with Crippen LogP contribution in [0.3, 0.4) is 0 Å². The summed E-state index contributed by atoms with van der Waals surface area (Å²) in [5.41, 5.74) is 0.323. The summed E-state index contributed by atoms with van der Waals surface area (Å²) in [5, 5.41) is 0. The number of nitrogens with zero attached hydrogens (tertiary/aromatic N) is 3. The summed E-state index contributed by atoms with van der Waals surface area (Å²) < 4.78 is 50.3. The zero-order valence-electron chi connectivity index (χ0n) is 16.1. The summed E-state index contributed by atoms with van der Waals surface area (Å²) in [5.74, 6) is 1.43. The summed E-state index contributed by atoms with van der Waals surface area (Å²) in [6.45, 7) is 2.14. The van der Waals surface area contributed by atoms with Gasteiger partial charge in [0.25, 0.3) is 0 Å². The van der Waals surface area contributed by atoms with E-state index in [0.717, 1.165) is 63.1 Å². The van der Waals surface area contributed by atoms with Crippen LogP contribution in [0.25, 0.3) is 0 Å². The second kappa shape index (κ2) is 8.57. The normalized spacial score (nSPS) is 21.2. The van der Waals surface area contributed by atoms with Gasteiger partial charge in [0, 0.05) is 44.1 Å². The third-order valence-electron chi connectivity index (χ3n) is 5.53. The zero-order chi connectivity index (χ0) is 20.3. The monoisotopic (exact) mass is 407 g/mol. The number of aromatic nitrogens is 2. The second-order valence-electron chi connectivity index (χ2n) is 7.45. The number of hydrogen-bond acceptors (Lipinski definition) is 5. The fourth-order valence-corrected chi connectivity index (χ4v) is 3.96. The number of piperidine rings is 1. The standard InChI is InChI=1S/C21H24F3N3O2/c22-21(23,24)16-6-7-18(26-14-16)27-11-2-1-5-19(27)29-20-17(4-3-10-25-20)15-8-12-28-13-9-15/h3-4,6-7,10,14-15,19H,1-2,5,8-9,11-13H2. The van der Waals surface area contributed by atoms with Gasteiger partial charge in [-0.05, 0) is 49.8 Å². The van der Waals surface area contributed by atoms with Crippen molar-refractivity contribution < 1.29 is 22.6 Å². The maximum Gasteiger partial charge on any atom is 0.417 e. The van der Waals surface area contributed by atoms with Crippen LogP contribution in [0.1, 0.15) is 49.1 Å². The van der Waals surface area contributed by atoms with Crippen molar-refractivity contribution in [3.8, 4) is 5.88 Å². The highest BCUT2D eigenvalue weighted by Crippen LogP contribution is 2.35. The molecule has 29 heavy (non-hydrogen) atoms. The highest BCUT2D eigenvalue weighted by Gasteiger charge is 2.32. The fourth-order valence-electron chi connectivity index (χ4n) is 3.96. The Morgan fingerprint density at radius 3 is 2.59 bits per heavy atom. The molecule has 1 atom stereocenters. The van der Waals surface area contributed by atoms with Crippen LogP contribution in [0.4, 0.5) is 19.0 Å². The minimum Gasteiger partial charge on any atom is -0.453 e. The van der Waals surface area contributed by atoms with Crippen molar-refractivity contribution >= 4 is 5.82 Å². The number of hydrogen-bond donors (Lipinski definition) is 0. The Morgan fingerprint density at radius 1 is 1.03 bits per heavy atom. The molecule has 0 aliphatic carbocycles. The van der Waals surface area contributed by atoms with E-state index >= 15 is 0 Å². The lowest BCUT2D eigenvalue weighted by Gasteiger charge is -2.37. The molecule has 2 aliphatic heterocycles. The smallest absolute Gasteiger partial charge is 0.417 e. The van der Waals surface area contributed by atoms with Gasteiger partial charge >= 0.3 is 6.18 Å². The molecular weight excluding hydrogens is 383 g/mol. The average molecular weight is 407 g/mol. The lowest BCUT2D eigenvalue weighted by Crippen LogP contribution is -2.44. The lowest BCUT2D eigenvalue weighted by atomic mass is 9.92. The van der Waals surface area contributed by atoms with Crippen LogP contribution >= 0.6 is 0 Å². The van der Waals surface area contributed by atoms with E-state index in [9.17, 15) is 13.2 Å². The molecule has 8 heteroatoms. The Morgan fingerprint density at radius 2 is 1.86 bits per heavy atom. The van der Waals surface area contributed by atoms with Crippen molar-refractivity contribution in [2.24, 2.45) is 0 Å². The number of rotatable bonds is 4. The van der Waals surface area contributed by atoms with Gasteiger partial charge in [0.15, 0.2) is 6.23 Å². The van der Waals surface area contributed by atoms with E-state index in [-0.39, 0.29) is 6.23 Å². The Hall–Kier alpha value is -2.35. The molecular formula is C21H24F3N3O2. The average Bonchev–Trinajstić information content (AvgIpc) is 2.75. The number of ether oxygens (including phenoxy) is 2. The fraction of sp³-hybridized carbons (Fsp3) is 0.524. The molecule has 0 radical (unpaired) electrons. The SMILES string of the molecule is FC(F)(F)c1ccc(N2CCCCC2Oc2ncccc2C2CCOCC2)nc1. The predicted molar refractivity (Wildman–Crippen MR) is 102 cm³/mol. The van der Waals surface area contributed by atoms with Gasteiger partial charge in [0.2, 0.25) is 5.88 Å². The van der Waals surface area contributed by atoms with Crippen LogP contribution in [0.5, 0.6) is 5.88 Å². The Kier molecular flexibility index (Phi) is 5.89. The van der Waals surface area contributed by atoms with Gasteiger partial charge < -0.3 is 14.4 Å². The van der Waals surface area contributed by atoms with Crippen molar-refractivity contribution in [1.29, 1.82) is 0 Å². The van der Waals surface area contributed by atoms with Crippen LogP contribution in [-0.2, 0) is 10.9 Å². The van der Waals surface area contributed by atoms with Crippen molar-refractivity contribution in [3.05, 3.63) is 47.8 Å². The first-order chi connectivity index (χ1) is 14.0. The molecule has 1 unspecified atom stereocenters. The topological polar surface area (TPSA) is 47.5 Å². The minimum atomic E-state index is -4.39. The van der Waals surface area contributed by atoms with Gasteiger partial charge in [0.05, 0.1) is 5.56 Å². The molecule has 4 rings (SSSR count). The van der Waals surface area contributed by atoms with E-state index in [4.69, 9.17) is 9.47 Å². The van der Waals surface area contributed by atoms with Gasteiger partial charge in [0.1, 0.15) is 5.82 Å². The van der Waals surface area contributed by atoms with Crippen molar-refractivity contribution in [1.82, 2.24) is 9.97 Å². The van der Waals surface area contributed by atoms with Crippen LogP contribution in [0.15, 0.2) is 36.7 Å². The lowest BCUT2D eigenvalue weighted by molar-refractivity contribution is -0.137. The molecule has 2 fully saturated rings. The van der Waals surface area contributed by atoms with Crippen molar-refractivity contribution in [3.63, 3.8) is 0 Å². The molecule has 4 heterocycles. The Labute approximate surface area is 167 Å². The molecule has 0 bridgehead atoms. The molecule has 0 saturated carbocycles. The molecule has 0 aromatic carbocycles. The van der Waals surface area contributed by atoms with E-state index in [1.165, 1.54) is 6.07 Å². The highest BCUT2D eigenvalue weighted by atomic mass is 19.4. The van der Waals surface area contributed by atoms with Gasteiger partial charge in [-0.25, -0.2) is 9.97 Å². The molecule has 0 N–H and O–H groups in total. The number of anilines is 1. The molecule has 156 valence electrons. The maximum absolute atomic E-state index is 12.9. The summed E-state index contributed by atoms with van der Waals surface area (Å²) in [4.78, 5) is 10.5.